The standard InChI is InChI=1S/C19H17FN6O2S/c1-11-3-2-4-14-17(11)22-15(23-18(14)27)10-29-19-25-24-16(26(19)21)9-28-13-7-5-12(20)6-8-13/h2-8H,9-10,21H2,1H3,(H,22,23,27). The largest absolute Gasteiger partial charge is 0.486 e. The molecule has 0 spiro atoms. The number of benzene rings is 2. The van der Waals surface area contributed by atoms with Gasteiger partial charge >= 0.3 is 0 Å². The second-order valence-electron chi connectivity index (χ2n) is 6.28. The summed E-state index contributed by atoms with van der Waals surface area (Å²) in [6, 6.07) is 11.1. The number of hydrogen-bond donors (Lipinski definition) is 2. The first-order valence-electron chi connectivity index (χ1n) is 8.70. The number of hydrogen-bond acceptors (Lipinski definition) is 7. The van der Waals surface area contributed by atoms with E-state index in [4.69, 9.17) is 10.6 Å². The predicted molar refractivity (Wildman–Crippen MR) is 108 cm³/mol. The van der Waals surface area contributed by atoms with Gasteiger partial charge in [-0.3, -0.25) is 4.79 Å². The number of rotatable bonds is 6. The topological polar surface area (TPSA) is 112 Å². The second-order valence-corrected chi connectivity index (χ2v) is 7.23. The zero-order chi connectivity index (χ0) is 20.4. The predicted octanol–water partition coefficient (Wildman–Crippen LogP) is 2.55. The highest BCUT2D eigenvalue weighted by Crippen LogP contribution is 2.20. The van der Waals surface area contributed by atoms with E-state index in [2.05, 4.69) is 20.2 Å². The van der Waals surface area contributed by atoms with Crippen molar-refractivity contribution in [1.29, 1.82) is 0 Å². The van der Waals surface area contributed by atoms with Crippen molar-refractivity contribution in [2.45, 2.75) is 24.4 Å². The second kappa shape index (κ2) is 7.92. The van der Waals surface area contributed by atoms with Crippen LogP contribution < -0.4 is 16.1 Å². The minimum Gasteiger partial charge on any atom is -0.486 e. The number of nitrogen functional groups attached to an aromatic ring is 1. The summed E-state index contributed by atoms with van der Waals surface area (Å²) in [5.41, 5.74) is 1.42. The fourth-order valence-electron chi connectivity index (χ4n) is 2.74. The first-order valence-corrected chi connectivity index (χ1v) is 9.69. The van der Waals surface area contributed by atoms with E-state index in [0.29, 0.717) is 39.2 Å². The van der Waals surface area contributed by atoms with E-state index >= 15 is 0 Å². The van der Waals surface area contributed by atoms with Crippen molar-refractivity contribution in [3.05, 3.63) is 75.8 Å². The van der Waals surface area contributed by atoms with E-state index in [1.807, 2.05) is 19.1 Å². The average Bonchev–Trinajstić information content (AvgIpc) is 3.06. The van der Waals surface area contributed by atoms with Crippen molar-refractivity contribution in [1.82, 2.24) is 24.8 Å². The summed E-state index contributed by atoms with van der Waals surface area (Å²) < 4.78 is 19.8. The number of aryl methyl sites for hydroxylation is 1. The molecule has 2 aromatic carbocycles. The molecule has 148 valence electrons. The number of aromatic amines is 1. The van der Waals surface area contributed by atoms with Gasteiger partial charge in [-0.25, -0.2) is 14.1 Å². The quantitative estimate of drug-likeness (QED) is 0.370. The lowest BCUT2D eigenvalue weighted by atomic mass is 10.1. The van der Waals surface area contributed by atoms with Gasteiger partial charge in [0, 0.05) is 0 Å². The van der Waals surface area contributed by atoms with Crippen LogP contribution in [0.25, 0.3) is 10.9 Å². The van der Waals surface area contributed by atoms with Gasteiger partial charge in [-0.2, -0.15) is 0 Å². The third kappa shape index (κ3) is 4.06. The van der Waals surface area contributed by atoms with Gasteiger partial charge in [-0.1, -0.05) is 23.9 Å². The fourth-order valence-corrected chi connectivity index (χ4v) is 3.48. The Hall–Kier alpha value is -3.40. The van der Waals surface area contributed by atoms with E-state index < -0.39 is 0 Å². The third-order valence-corrected chi connectivity index (χ3v) is 5.20. The lowest BCUT2D eigenvalue weighted by Gasteiger charge is -2.07. The Morgan fingerprint density at radius 2 is 2.00 bits per heavy atom. The van der Waals surface area contributed by atoms with Crippen LogP contribution in [0.5, 0.6) is 5.75 Å². The summed E-state index contributed by atoms with van der Waals surface area (Å²) in [5.74, 6) is 7.50. The van der Waals surface area contributed by atoms with Gasteiger partial charge in [0.25, 0.3) is 5.56 Å². The minimum atomic E-state index is -0.339. The maximum absolute atomic E-state index is 12.9. The summed E-state index contributed by atoms with van der Waals surface area (Å²) in [6.07, 6.45) is 0. The van der Waals surface area contributed by atoms with E-state index in [1.165, 1.54) is 40.7 Å². The first-order chi connectivity index (χ1) is 14.0. The van der Waals surface area contributed by atoms with E-state index in [-0.39, 0.29) is 18.0 Å². The third-order valence-electron chi connectivity index (χ3n) is 4.24. The number of nitrogens with zero attached hydrogens (tertiary/aromatic N) is 4. The number of para-hydroxylation sites is 1. The van der Waals surface area contributed by atoms with Crippen LogP contribution in [0.2, 0.25) is 0 Å². The highest BCUT2D eigenvalue weighted by molar-refractivity contribution is 7.98. The van der Waals surface area contributed by atoms with Crippen LogP contribution in [0.1, 0.15) is 17.2 Å². The maximum atomic E-state index is 12.9. The molecule has 10 heteroatoms. The molecule has 2 aromatic heterocycles. The molecule has 0 bridgehead atoms. The Kier molecular flexibility index (Phi) is 5.17. The van der Waals surface area contributed by atoms with Crippen LogP contribution in [-0.4, -0.2) is 24.8 Å². The van der Waals surface area contributed by atoms with Crippen LogP contribution in [0.3, 0.4) is 0 Å². The molecular weight excluding hydrogens is 395 g/mol. The molecule has 0 aliphatic carbocycles. The van der Waals surface area contributed by atoms with Crippen molar-refractivity contribution in [3.8, 4) is 5.75 Å². The van der Waals surface area contributed by atoms with Gasteiger partial charge in [0.2, 0.25) is 5.16 Å². The number of nitrogens with one attached hydrogen (secondary N) is 1. The molecule has 0 amide bonds. The maximum Gasteiger partial charge on any atom is 0.258 e. The number of thioether (sulfide) groups is 1. The minimum absolute atomic E-state index is 0.0833. The fraction of sp³-hybridized carbons (Fsp3) is 0.158. The van der Waals surface area contributed by atoms with Crippen LogP contribution in [0.4, 0.5) is 4.39 Å². The Bertz CT molecular complexity index is 1220. The highest BCUT2D eigenvalue weighted by atomic mass is 32.2. The molecule has 0 saturated carbocycles. The molecular formula is C19H17FN6O2S. The monoisotopic (exact) mass is 412 g/mol. The van der Waals surface area contributed by atoms with Crippen LogP contribution in [0.15, 0.2) is 52.4 Å². The Labute approximate surface area is 168 Å². The number of fused-ring (bicyclic) bond motifs is 1. The highest BCUT2D eigenvalue weighted by Gasteiger charge is 2.13. The summed E-state index contributed by atoms with van der Waals surface area (Å²) in [6.45, 7) is 2.00. The number of H-pyrrole nitrogens is 1. The number of nitrogens with two attached hydrogens (primary N) is 1. The van der Waals surface area contributed by atoms with E-state index in [0.717, 1.165) is 5.56 Å². The van der Waals surface area contributed by atoms with Crippen molar-refractivity contribution < 1.29 is 9.13 Å². The number of halogens is 1. The van der Waals surface area contributed by atoms with E-state index in [9.17, 15) is 9.18 Å². The molecule has 0 aliphatic rings. The van der Waals surface area contributed by atoms with Crippen molar-refractivity contribution in [2.24, 2.45) is 0 Å². The smallest absolute Gasteiger partial charge is 0.258 e. The molecule has 0 aliphatic heterocycles. The molecule has 0 radical (unpaired) electrons. The summed E-state index contributed by atoms with van der Waals surface area (Å²) in [7, 11) is 0. The van der Waals surface area contributed by atoms with Crippen molar-refractivity contribution in [2.75, 3.05) is 5.84 Å². The Balaban J connectivity index is 1.45. The SMILES string of the molecule is Cc1cccc2c(=O)[nH]c(CSc3nnc(COc4ccc(F)cc4)n3N)nc12. The molecule has 8 nitrogen and oxygen atoms in total. The van der Waals surface area contributed by atoms with Crippen LogP contribution in [-0.2, 0) is 12.4 Å². The zero-order valence-corrected chi connectivity index (χ0v) is 16.2. The van der Waals surface area contributed by atoms with Crippen LogP contribution in [0, 0.1) is 12.7 Å². The molecule has 0 saturated heterocycles. The Morgan fingerprint density at radius 1 is 1.21 bits per heavy atom. The lowest BCUT2D eigenvalue weighted by molar-refractivity contribution is 0.291. The first kappa shape index (κ1) is 18.9. The molecule has 4 aromatic rings. The number of ether oxygens (including phenoxy) is 1. The lowest BCUT2D eigenvalue weighted by Crippen LogP contribution is -2.16. The Morgan fingerprint density at radius 3 is 2.79 bits per heavy atom. The van der Waals surface area contributed by atoms with Gasteiger partial charge in [0.15, 0.2) is 5.82 Å². The van der Waals surface area contributed by atoms with Crippen LogP contribution >= 0.6 is 11.8 Å². The van der Waals surface area contributed by atoms with Crippen molar-refractivity contribution >= 4 is 22.7 Å². The molecule has 2 heterocycles. The molecule has 0 fully saturated rings. The van der Waals surface area contributed by atoms with Gasteiger partial charge in [0.1, 0.15) is 24.0 Å². The normalized spacial score (nSPS) is 11.1. The molecule has 3 N–H and O–H groups in total. The summed E-state index contributed by atoms with van der Waals surface area (Å²) in [4.78, 5) is 19.6. The molecule has 0 atom stereocenters. The average molecular weight is 412 g/mol. The zero-order valence-electron chi connectivity index (χ0n) is 15.4. The van der Waals surface area contributed by atoms with Crippen molar-refractivity contribution in [3.63, 3.8) is 0 Å². The van der Waals surface area contributed by atoms with E-state index in [1.54, 1.807) is 6.07 Å². The molecule has 4 rings (SSSR count). The van der Waals surface area contributed by atoms with Gasteiger partial charge in [0.05, 0.1) is 16.7 Å². The number of aromatic nitrogens is 5. The van der Waals surface area contributed by atoms with Gasteiger partial charge in [-0.05, 0) is 42.8 Å². The molecule has 0 unspecified atom stereocenters. The summed E-state index contributed by atoms with van der Waals surface area (Å²) >= 11 is 1.29. The van der Waals surface area contributed by atoms with Gasteiger partial charge in [-0.15, -0.1) is 10.2 Å². The summed E-state index contributed by atoms with van der Waals surface area (Å²) in [5, 5.41) is 9.08. The van der Waals surface area contributed by atoms with Gasteiger partial charge < -0.3 is 15.6 Å². The molecule has 29 heavy (non-hydrogen) atoms.